The third-order valence-electron chi connectivity index (χ3n) is 1.90. The summed E-state index contributed by atoms with van der Waals surface area (Å²) in [5.74, 6) is 0.871. The smallest absolute Gasteiger partial charge is 0.0192 e. The molecule has 0 fully saturated rings. The molecule has 0 spiro atoms. The van der Waals surface area contributed by atoms with Gasteiger partial charge < -0.3 is 5.73 Å². The highest BCUT2D eigenvalue weighted by atomic mass is 14.5. The molecule has 0 heterocycles. The second kappa shape index (κ2) is 8.06. The third kappa shape index (κ3) is 9.96. The van der Waals surface area contributed by atoms with Gasteiger partial charge in [-0.25, -0.2) is 0 Å². The van der Waals surface area contributed by atoms with Gasteiger partial charge in [-0.2, -0.15) is 0 Å². The lowest BCUT2D eigenvalue weighted by Gasteiger charge is -2.03. The fourth-order valence-electron chi connectivity index (χ4n) is 1.17. The number of rotatable bonds is 7. The molecular formula is C10H22N. The predicted molar refractivity (Wildman–Crippen MR) is 51.0 cm³/mol. The second-order valence-corrected chi connectivity index (χ2v) is 3.62. The van der Waals surface area contributed by atoms with Crippen molar-refractivity contribution >= 4 is 0 Å². The normalized spacial score (nSPS) is 10.9. The number of unbranched alkanes of at least 4 members (excludes halogenated alkanes) is 4. The van der Waals surface area contributed by atoms with Crippen LogP contribution in [-0.2, 0) is 0 Å². The van der Waals surface area contributed by atoms with Crippen LogP contribution in [0.2, 0.25) is 0 Å². The van der Waals surface area contributed by atoms with E-state index in [-0.39, 0.29) is 0 Å². The van der Waals surface area contributed by atoms with Crippen molar-refractivity contribution in [1.82, 2.24) is 0 Å². The van der Waals surface area contributed by atoms with Gasteiger partial charge in [-0.15, -0.1) is 0 Å². The van der Waals surface area contributed by atoms with E-state index in [1.54, 1.807) is 6.54 Å². The average molecular weight is 156 g/mol. The lowest BCUT2D eigenvalue weighted by Crippen LogP contribution is -1.90. The summed E-state index contributed by atoms with van der Waals surface area (Å²) < 4.78 is 0. The van der Waals surface area contributed by atoms with Gasteiger partial charge >= 0.3 is 0 Å². The first-order chi connectivity index (χ1) is 5.27. The fraction of sp³-hybridized carbons (Fsp3) is 0.900. The Kier molecular flexibility index (Phi) is 8.03. The molecule has 0 aliphatic rings. The Balaban J connectivity index is 2.80. The maximum Gasteiger partial charge on any atom is 0.0192 e. The van der Waals surface area contributed by atoms with Gasteiger partial charge in [0.1, 0.15) is 0 Å². The van der Waals surface area contributed by atoms with Gasteiger partial charge in [-0.05, 0) is 12.3 Å². The zero-order valence-corrected chi connectivity index (χ0v) is 7.97. The lowest BCUT2D eigenvalue weighted by atomic mass is 10.0. The molecule has 0 aliphatic carbocycles. The molecule has 0 atom stereocenters. The van der Waals surface area contributed by atoms with Gasteiger partial charge in [0.05, 0.1) is 0 Å². The zero-order valence-electron chi connectivity index (χ0n) is 7.97. The van der Waals surface area contributed by atoms with Crippen LogP contribution in [0, 0.1) is 12.5 Å². The summed E-state index contributed by atoms with van der Waals surface area (Å²) in [6.07, 6.45) is 7.86. The Morgan fingerprint density at radius 1 is 1.09 bits per heavy atom. The Hall–Kier alpha value is -0.0400. The van der Waals surface area contributed by atoms with Crippen molar-refractivity contribution in [2.75, 3.05) is 0 Å². The molecule has 0 unspecified atom stereocenters. The Bertz CT molecular complexity index is 69.3. The van der Waals surface area contributed by atoms with E-state index in [1.165, 1.54) is 32.1 Å². The van der Waals surface area contributed by atoms with Crippen LogP contribution in [0.1, 0.15) is 52.4 Å². The van der Waals surface area contributed by atoms with Crippen molar-refractivity contribution < 1.29 is 0 Å². The van der Waals surface area contributed by atoms with Crippen LogP contribution in [0.15, 0.2) is 0 Å². The highest BCUT2D eigenvalue weighted by Gasteiger charge is 1.93. The van der Waals surface area contributed by atoms with Gasteiger partial charge in [0.25, 0.3) is 0 Å². The topological polar surface area (TPSA) is 26.0 Å². The monoisotopic (exact) mass is 156 g/mol. The average Bonchev–Trinajstić information content (AvgIpc) is 1.96. The summed E-state index contributed by atoms with van der Waals surface area (Å²) in [5.41, 5.74) is 5.27. The molecule has 1 nitrogen and oxygen atoms in total. The standard InChI is InChI=1S/C10H22N/c1-10(2)8-6-4-3-5-7-9-11/h9-10H,3-8,11H2,1-2H3. The van der Waals surface area contributed by atoms with E-state index in [4.69, 9.17) is 5.73 Å². The molecule has 0 saturated heterocycles. The minimum atomic E-state index is 0.871. The molecule has 0 bridgehead atoms. The lowest BCUT2D eigenvalue weighted by molar-refractivity contribution is 0.519. The van der Waals surface area contributed by atoms with Crippen molar-refractivity contribution in [2.24, 2.45) is 11.7 Å². The van der Waals surface area contributed by atoms with Crippen molar-refractivity contribution in [3.8, 4) is 0 Å². The minimum absolute atomic E-state index is 0.871. The van der Waals surface area contributed by atoms with E-state index >= 15 is 0 Å². The van der Waals surface area contributed by atoms with Crippen LogP contribution in [0.4, 0.5) is 0 Å². The van der Waals surface area contributed by atoms with Gasteiger partial charge in [0.15, 0.2) is 0 Å². The van der Waals surface area contributed by atoms with E-state index in [2.05, 4.69) is 13.8 Å². The van der Waals surface area contributed by atoms with Gasteiger partial charge in [-0.1, -0.05) is 46.0 Å². The third-order valence-corrected chi connectivity index (χ3v) is 1.90. The molecule has 0 rings (SSSR count). The molecule has 0 aromatic rings. The molecule has 11 heavy (non-hydrogen) atoms. The summed E-state index contributed by atoms with van der Waals surface area (Å²) in [4.78, 5) is 0. The highest BCUT2D eigenvalue weighted by Crippen LogP contribution is 2.10. The van der Waals surface area contributed by atoms with Crippen molar-refractivity contribution in [3.05, 3.63) is 6.54 Å². The van der Waals surface area contributed by atoms with Crippen LogP contribution >= 0.6 is 0 Å². The Morgan fingerprint density at radius 3 is 2.27 bits per heavy atom. The van der Waals surface area contributed by atoms with E-state index in [9.17, 15) is 0 Å². The number of nitrogens with two attached hydrogens (primary N) is 1. The molecule has 1 radical (unpaired) electrons. The fourth-order valence-corrected chi connectivity index (χ4v) is 1.17. The van der Waals surface area contributed by atoms with Crippen molar-refractivity contribution in [2.45, 2.75) is 52.4 Å². The predicted octanol–water partition coefficient (Wildman–Crippen LogP) is 3.10. The number of hydrogen-bond acceptors (Lipinski definition) is 1. The summed E-state index contributed by atoms with van der Waals surface area (Å²) in [6, 6.07) is 0. The molecule has 0 aliphatic heterocycles. The van der Waals surface area contributed by atoms with E-state index in [0.29, 0.717) is 0 Å². The zero-order chi connectivity index (χ0) is 8.53. The number of hydrogen-bond donors (Lipinski definition) is 1. The van der Waals surface area contributed by atoms with Crippen molar-refractivity contribution in [3.63, 3.8) is 0 Å². The van der Waals surface area contributed by atoms with Crippen LogP contribution in [0.25, 0.3) is 0 Å². The molecule has 0 aromatic heterocycles. The highest BCUT2D eigenvalue weighted by molar-refractivity contribution is 4.54. The van der Waals surface area contributed by atoms with Crippen molar-refractivity contribution in [1.29, 1.82) is 0 Å². The molecule has 1 heteroatoms. The Labute approximate surface area is 71.4 Å². The summed E-state index contributed by atoms with van der Waals surface area (Å²) in [7, 11) is 0. The van der Waals surface area contributed by atoms with E-state index in [0.717, 1.165) is 12.3 Å². The maximum atomic E-state index is 5.27. The molecule has 0 amide bonds. The summed E-state index contributed by atoms with van der Waals surface area (Å²) in [5, 5.41) is 0. The van der Waals surface area contributed by atoms with Crippen LogP contribution in [0.5, 0.6) is 0 Å². The van der Waals surface area contributed by atoms with Crippen LogP contribution in [0.3, 0.4) is 0 Å². The van der Waals surface area contributed by atoms with E-state index in [1.807, 2.05) is 0 Å². The first-order valence-corrected chi connectivity index (χ1v) is 4.80. The molecule has 0 saturated carbocycles. The van der Waals surface area contributed by atoms with Gasteiger partial charge in [-0.3, -0.25) is 0 Å². The van der Waals surface area contributed by atoms with Gasteiger partial charge in [0, 0.05) is 6.54 Å². The maximum absolute atomic E-state index is 5.27. The first-order valence-electron chi connectivity index (χ1n) is 4.80. The molecular weight excluding hydrogens is 134 g/mol. The SMILES string of the molecule is CC(C)CCCCCC[CH]N. The quantitative estimate of drug-likeness (QED) is 0.563. The molecule has 67 valence electrons. The van der Waals surface area contributed by atoms with Crippen LogP contribution < -0.4 is 5.73 Å². The van der Waals surface area contributed by atoms with E-state index < -0.39 is 0 Å². The summed E-state index contributed by atoms with van der Waals surface area (Å²) >= 11 is 0. The minimum Gasteiger partial charge on any atom is -0.326 e. The molecule has 0 aromatic carbocycles. The van der Waals surface area contributed by atoms with Crippen LogP contribution in [-0.4, -0.2) is 0 Å². The molecule has 2 N–H and O–H groups in total. The largest absolute Gasteiger partial charge is 0.326 e. The second-order valence-electron chi connectivity index (χ2n) is 3.62. The summed E-state index contributed by atoms with van der Waals surface area (Å²) in [6.45, 7) is 6.34. The first kappa shape index (κ1) is 11.0. The Morgan fingerprint density at radius 2 is 1.73 bits per heavy atom. The van der Waals surface area contributed by atoms with Gasteiger partial charge in [0.2, 0.25) is 0 Å².